The molecule has 0 aliphatic rings. The molecule has 0 atom stereocenters. The normalized spacial score (nSPS) is 9.64. The van der Waals surface area contributed by atoms with E-state index in [2.05, 4.69) is 0 Å². The lowest BCUT2D eigenvalue weighted by molar-refractivity contribution is 0.0521. The van der Waals surface area contributed by atoms with Crippen molar-refractivity contribution in [3.05, 3.63) is 29.6 Å². The van der Waals surface area contributed by atoms with Crippen LogP contribution >= 0.6 is 0 Å². The molecule has 0 N–H and O–H groups in total. The minimum atomic E-state index is -0.580. The highest BCUT2D eigenvalue weighted by Gasteiger charge is 2.16. The van der Waals surface area contributed by atoms with Crippen LogP contribution in [0, 0.1) is 5.82 Å². The van der Waals surface area contributed by atoms with Crippen LogP contribution in [0.15, 0.2) is 18.2 Å². The Morgan fingerprint density at radius 3 is 2.79 bits per heavy atom. The second-order valence-corrected chi connectivity index (χ2v) is 2.54. The van der Waals surface area contributed by atoms with Crippen molar-refractivity contribution in [1.82, 2.24) is 0 Å². The number of methoxy groups -OCH3 is 1. The highest BCUT2D eigenvalue weighted by Crippen LogP contribution is 2.22. The summed E-state index contributed by atoms with van der Waals surface area (Å²) < 4.78 is 22.6. The van der Waals surface area contributed by atoms with Gasteiger partial charge in [-0.1, -0.05) is 6.07 Å². The quantitative estimate of drug-likeness (QED) is 0.697. The van der Waals surface area contributed by atoms with Gasteiger partial charge in [-0.3, -0.25) is 0 Å². The van der Waals surface area contributed by atoms with Crippen LogP contribution in [0.2, 0.25) is 0 Å². The summed E-state index contributed by atoms with van der Waals surface area (Å²) in [6.07, 6.45) is 0. The van der Waals surface area contributed by atoms with E-state index in [1.165, 1.54) is 25.3 Å². The average Bonchev–Trinajstić information content (AvgIpc) is 2.17. The van der Waals surface area contributed by atoms with Gasteiger partial charge < -0.3 is 9.47 Å². The molecule has 1 aromatic rings. The van der Waals surface area contributed by atoms with E-state index in [0.29, 0.717) is 0 Å². The molecule has 0 bridgehead atoms. The van der Waals surface area contributed by atoms with Crippen molar-refractivity contribution in [3.8, 4) is 5.75 Å². The zero-order valence-corrected chi connectivity index (χ0v) is 8.04. The zero-order chi connectivity index (χ0) is 10.6. The SMILES string of the molecule is CCOC(=O)c1cccc(F)c1OC. The standard InChI is InChI=1S/C10H11FO3/c1-3-14-10(12)7-5-4-6-8(11)9(7)13-2/h4-6H,3H2,1-2H3. The Bertz CT molecular complexity index is 336. The summed E-state index contributed by atoms with van der Waals surface area (Å²) >= 11 is 0. The van der Waals surface area contributed by atoms with Crippen LogP contribution in [0.1, 0.15) is 17.3 Å². The Labute approximate surface area is 81.4 Å². The van der Waals surface area contributed by atoms with Gasteiger partial charge >= 0.3 is 5.97 Å². The van der Waals surface area contributed by atoms with Crippen LogP contribution in [0.5, 0.6) is 5.75 Å². The largest absolute Gasteiger partial charge is 0.493 e. The van der Waals surface area contributed by atoms with E-state index >= 15 is 0 Å². The summed E-state index contributed by atoms with van der Waals surface area (Å²) in [4.78, 5) is 11.3. The van der Waals surface area contributed by atoms with Gasteiger partial charge in [0.15, 0.2) is 11.6 Å². The van der Waals surface area contributed by atoms with E-state index in [9.17, 15) is 9.18 Å². The summed E-state index contributed by atoms with van der Waals surface area (Å²) in [7, 11) is 1.31. The molecule has 0 fully saturated rings. The summed E-state index contributed by atoms with van der Waals surface area (Å²) in [5.41, 5.74) is 0.106. The molecule has 0 heterocycles. The Balaban J connectivity index is 3.07. The number of ether oxygens (including phenoxy) is 2. The molecule has 0 spiro atoms. The third-order valence-electron chi connectivity index (χ3n) is 1.67. The van der Waals surface area contributed by atoms with Gasteiger partial charge in [0.25, 0.3) is 0 Å². The maximum atomic E-state index is 13.1. The van der Waals surface area contributed by atoms with E-state index in [-0.39, 0.29) is 17.9 Å². The number of hydrogen-bond acceptors (Lipinski definition) is 3. The van der Waals surface area contributed by atoms with Crippen molar-refractivity contribution in [2.24, 2.45) is 0 Å². The van der Waals surface area contributed by atoms with Crippen LogP contribution in [-0.2, 0) is 4.74 Å². The van der Waals surface area contributed by atoms with E-state index in [0.717, 1.165) is 0 Å². The van der Waals surface area contributed by atoms with Gasteiger partial charge in [-0.15, -0.1) is 0 Å². The number of halogens is 1. The molecule has 3 nitrogen and oxygen atoms in total. The van der Waals surface area contributed by atoms with Gasteiger partial charge in [-0.25, -0.2) is 9.18 Å². The van der Waals surface area contributed by atoms with Gasteiger partial charge in [0.1, 0.15) is 5.56 Å². The van der Waals surface area contributed by atoms with Crippen molar-refractivity contribution in [3.63, 3.8) is 0 Å². The molecular weight excluding hydrogens is 187 g/mol. The van der Waals surface area contributed by atoms with Crippen LogP contribution in [0.4, 0.5) is 4.39 Å². The van der Waals surface area contributed by atoms with Crippen molar-refractivity contribution >= 4 is 5.97 Å². The predicted octanol–water partition coefficient (Wildman–Crippen LogP) is 2.01. The molecule has 76 valence electrons. The van der Waals surface area contributed by atoms with Crippen molar-refractivity contribution in [2.45, 2.75) is 6.92 Å². The molecule has 0 aliphatic carbocycles. The van der Waals surface area contributed by atoms with Crippen LogP contribution in [-0.4, -0.2) is 19.7 Å². The average molecular weight is 198 g/mol. The monoisotopic (exact) mass is 198 g/mol. The highest BCUT2D eigenvalue weighted by molar-refractivity contribution is 5.92. The lowest BCUT2D eigenvalue weighted by Crippen LogP contribution is -2.07. The number of benzene rings is 1. The van der Waals surface area contributed by atoms with E-state index in [1.54, 1.807) is 6.92 Å². The maximum absolute atomic E-state index is 13.1. The Morgan fingerprint density at radius 1 is 1.50 bits per heavy atom. The Hall–Kier alpha value is -1.58. The fourth-order valence-corrected chi connectivity index (χ4v) is 1.09. The highest BCUT2D eigenvalue weighted by atomic mass is 19.1. The molecule has 0 aromatic heterocycles. The number of rotatable bonds is 3. The first-order valence-electron chi connectivity index (χ1n) is 4.20. The number of carbonyl (C=O) groups excluding carboxylic acids is 1. The minimum Gasteiger partial charge on any atom is -0.493 e. The smallest absolute Gasteiger partial charge is 0.342 e. The molecule has 1 aromatic carbocycles. The molecule has 0 saturated heterocycles. The Kier molecular flexibility index (Phi) is 3.45. The molecule has 0 aliphatic heterocycles. The van der Waals surface area contributed by atoms with E-state index in [4.69, 9.17) is 9.47 Å². The maximum Gasteiger partial charge on any atom is 0.342 e. The molecule has 14 heavy (non-hydrogen) atoms. The summed E-state index contributed by atoms with van der Waals surface area (Å²) in [5, 5.41) is 0. The van der Waals surface area contributed by atoms with E-state index < -0.39 is 11.8 Å². The summed E-state index contributed by atoms with van der Waals surface area (Å²) in [6.45, 7) is 1.93. The first kappa shape index (κ1) is 10.5. The molecule has 0 unspecified atom stereocenters. The van der Waals surface area contributed by atoms with E-state index in [1.807, 2.05) is 0 Å². The lowest BCUT2D eigenvalue weighted by Gasteiger charge is -2.07. The summed E-state index contributed by atoms with van der Waals surface area (Å²) in [6, 6.07) is 4.12. The number of para-hydroxylation sites is 1. The fourth-order valence-electron chi connectivity index (χ4n) is 1.09. The van der Waals surface area contributed by atoms with Gasteiger partial charge in [0, 0.05) is 0 Å². The molecule has 1 rings (SSSR count). The minimum absolute atomic E-state index is 0.0778. The van der Waals surface area contributed by atoms with Gasteiger partial charge in [-0.2, -0.15) is 0 Å². The molecule has 0 saturated carbocycles. The molecule has 4 heteroatoms. The zero-order valence-electron chi connectivity index (χ0n) is 8.04. The third kappa shape index (κ3) is 2.02. The van der Waals surface area contributed by atoms with Crippen molar-refractivity contribution in [1.29, 1.82) is 0 Å². The number of esters is 1. The van der Waals surface area contributed by atoms with Gasteiger partial charge in [-0.05, 0) is 19.1 Å². The molecule has 0 amide bonds. The first-order valence-corrected chi connectivity index (χ1v) is 4.20. The molecular formula is C10H11FO3. The fraction of sp³-hybridized carbons (Fsp3) is 0.300. The molecule has 0 radical (unpaired) electrons. The van der Waals surface area contributed by atoms with Gasteiger partial charge in [0.2, 0.25) is 0 Å². The van der Waals surface area contributed by atoms with Crippen LogP contribution in [0.3, 0.4) is 0 Å². The number of hydrogen-bond donors (Lipinski definition) is 0. The van der Waals surface area contributed by atoms with Crippen LogP contribution in [0.25, 0.3) is 0 Å². The first-order chi connectivity index (χ1) is 6.70. The number of carbonyl (C=O) groups is 1. The van der Waals surface area contributed by atoms with Gasteiger partial charge in [0.05, 0.1) is 13.7 Å². The topological polar surface area (TPSA) is 35.5 Å². The second kappa shape index (κ2) is 4.60. The van der Waals surface area contributed by atoms with Crippen molar-refractivity contribution in [2.75, 3.05) is 13.7 Å². The Morgan fingerprint density at radius 2 is 2.21 bits per heavy atom. The third-order valence-corrected chi connectivity index (χ3v) is 1.67. The predicted molar refractivity (Wildman–Crippen MR) is 48.9 cm³/mol. The van der Waals surface area contributed by atoms with Crippen LogP contribution < -0.4 is 4.74 Å². The lowest BCUT2D eigenvalue weighted by atomic mass is 10.2. The summed E-state index contributed by atoms with van der Waals surface area (Å²) in [5.74, 6) is -1.23. The van der Waals surface area contributed by atoms with Crippen molar-refractivity contribution < 1.29 is 18.7 Å². The second-order valence-electron chi connectivity index (χ2n) is 2.54.